The van der Waals surface area contributed by atoms with Crippen LogP contribution >= 0.6 is 0 Å². The van der Waals surface area contributed by atoms with E-state index in [4.69, 9.17) is 0 Å². The lowest BCUT2D eigenvalue weighted by molar-refractivity contribution is -0.114. The molecule has 0 unspecified atom stereocenters. The number of nitrogens with one attached hydrogen (secondary N) is 2. The molecule has 0 atom stereocenters. The van der Waals surface area contributed by atoms with Crippen molar-refractivity contribution in [2.24, 2.45) is 0 Å². The normalized spacial score (nSPS) is 10.6. The maximum Gasteiger partial charge on any atom is 0.253 e. The highest BCUT2D eigenvalue weighted by Crippen LogP contribution is 2.19. The van der Waals surface area contributed by atoms with Gasteiger partial charge in [0.25, 0.3) is 5.91 Å². The van der Waals surface area contributed by atoms with Crippen LogP contribution in [0.2, 0.25) is 0 Å². The van der Waals surface area contributed by atoms with Crippen LogP contribution in [0.25, 0.3) is 10.8 Å². The van der Waals surface area contributed by atoms with E-state index >= 15 is 0 Å². The van der Waals surface area contributed by atoms with Gasteiger partial charge in [-0.3, -0.25) is 9.59 Å². The fourth-order valence-electron chi connectivity index (χ4n) is 3.42. The lowest BCUT2D eigenvalue weighted by Gasteiger charge is -2.21. The summed E-state index contributed by atoms with van der Waals surface area (Å²) in [5.41, 5.74) is 2.22. The average molecular weight is 404 g/mol. The summed E-state index contributed by atoms with van der Waals surface area (Å²) in [4.78, 5) is 26.8. The van der Waals surface area contributed by atoms with Gasteiger partial charge in [0.2, 0.25) is 5.91 Å². The Morgan fingerprint density at radius 2 is 1.43 bits per heavy atom. The first-order valence-corrected chi connectivity index (χ1v) is 10.5. The zero-order chi connectivity index (χ0) is 21.3. The Bertz CT molecular complexity index is 993. The van der Waals surface area contributed by atoms with Gasteiger partial charge in [0.1, 0.15) is 0 Å². The number of nitrogens with zero attached hydrogens (tertiary/aromatic N) is 1. The fourth-order valence-corrected chi connectivity index (χ4v) is 3.42. The van der Waals surface area contributed by atoms with Gasteiger partial charge in [-0.05, 0) is 60.0 Å². The van der Waals surface area contributed by atoms with Crippen LogP contribution < -0.4 is 10.6 Å². The molecule has 0 saturated carbocycles. The van der Waals surface area contributed by atoms with E-state index in [0.29, 0.717) is 11.3 Å². The second-order valence-corrected chi connectivity index (χ2v) is 7.33. The Kier molecular flexibility index (Phi) is 7.44. The molecule has 3 aromatic rings. The average Bonchev–Trinajstić information content (AvgIpc) is 2.77. The van der Waals surface area contributed by atoms with Crippen molar-refractivity contribution in [3.63, 3.8) is 0 Å². The highest BCUT2D eigenvalue weighted by atomic mass is 16.2. The van der Waals surface area contributed by atoms with E-state index in [0.717, 1.165) is 37.0 Å². The van der Waals surface area contributed by atoms with Gasteiger partial charge in [-0.2, -0.15) is 0 Å². The second kappa shape index (κ2) is 10.4. The summed E-state index contributed by atoms with van der Waals surface area (Å²) in [6, 6.07) is 21.2. The molecule has 0 aliphatic carbocycles. The number of benzene rings is 3. The number of fused-ring (bicyclic) bond motifs is 1. The topological polar surface area (TPSA) is 61.4 Å². The van der Waals surface area contributed by atoms with Gasteiger partial charge in [0.05, 0.1) is 6.54 Å². The van der Waals surface area contributed by atoms with Crippen molar-refractivity contribution in [1.82, 2.24) is 4.90 Å². The van der Waals surface area contributed by atoms with E-state index in [9.17, 15) is 9.59 Å². The molecule has 5 heteroatoms. The van der Waals surface area contributed by atoms with Gasteiger partial charge in [0.15, 0.2) is 0 Å². The highest BCUT2D eigenvalue weighted by molar-refractivity contribution is 5.97. The number of hydrogen-bond acceptors (Lipinski definition) is 3. The van der Waals surface area contributed by atoms with Crippen molar-refractivity contribution in [2.45, 2.75) is 26.7 Å². The quantitative estimate of drug-likeness (QED) is 0.519. The van der Waals surface area contributed by atoms with Crippen LogP contribution in [0.1, 0.15) is 37.0 Å². The van der Waals surface area contributed by atoms with Crippen molar-refractivity contribution >= 4 is 34.0 Å². The molecule has 0 radical (unpaired) electrons. The first kappa shape index (κ1) is 21.4. The van der Waals surface area contributed by atoms with Gasteiger partial charge in [-0.15, -0.1) is 0 Å². The third-order valence-corrected chi connectivity index (χ3v) is 4.89. The van der Waals surface area contributed by atoms with Gasteiger partial charge < -0.3 is 15.5 Å². The minimum absolute atomic E-state index is 0.0366. The molecular weight excluding hydrogens is 374 g/mol. The van der Waals surface area contributed by atoms with Crippen molar-refractivity contribution in [3.8, 4) is 0 Å². The van der Waals surface area contributed by atoms with Crippen LogP contribution in [-0.2, 0) is 4.79 Å². The van der Waals surface area contributed by atoms with Crippen LogP contribution in [-0.4, -0.2) is 36.3 Å². The molecule has 3 rings (SSSR count). The van der Waals surface area contributed by atoms with E-state index in [2.05, 4.69) is 30.5 Å². The third-order valence-electron chi connectivity index (χ3n) is 4.89. The Hall–Kier alpha value is -3.34. The van der Waals surface area contributed by atoms with Crippen molar-refractivity contribution in [3.05, 3.63) is 72.3 Å². The lowest BCUT2D eigenvalue weighted by atomic mass is 10.1. The molecule has 5 nitrogen and oxygen atoms in total. The van der Waals surface area contributed by atoms with E-state index in [1.807, 2.05) is 41.3 Å². The molecule has 2 N–H and O–H groups in total. The molecule has 0 saturated heterocycles. The molecule has 0 aliphatic heterocycles. The summed E-state index contributed by atoms with van der Waals surface area (Å²) >= 11 is 0. The number of rotatable bonds is 9. The SMILES string of the molecule is CCCN(CCC)C(=O)c1ccc(NC(=O)CNc2ccc3ccccc3c2)cc1. The fraction of sp³-hybridized carbons (Fsp3) is 0.280. The van der Waals surface area contributed by atoms with Crippen LogP contribution in [0.5, 0.6) is 0 Å². The monoisotopic (exact) mass is 403 g/mol. The maximum atomic E-state index is 12.6. The zero-order valence-corrected chi connectivity index (χ0v) is 17.7. The van der Waals surface area contributed by atoms with Crippen LogP contribution in [0.15, 0.2) is 66.7 Å². The summed E-state index contributed by atoms with van der Waals surface area (Å²) in [6.45, 7) is 5.82. The van der Waals surface area contributed by atoms with Crippen LogP contribution in [0.4, 0.5) is 11.4 Å². The molecule has 30 heavy (non-hydrogen) atoms. The number of carbonyl (C=O) groups excluding carboxylic acids is 2. The molecule has 0 fully saturated rings. The number of carbonyl (C=O) groups is 2. The van der Waals surface area contributed by atoms with Crippen LogP contribution in [0.3, 0.4) is 0 Å². The molecule has 0 heterocycles. The van der Waals surface area contributed by atoms with E-state index in [1.165, 1.54) is 5.39 Å². The van der Waals surface area contributed by atoms with Gasteiger partial charge >= 0.3 is 0 Å². The number of amides is 2. The standard InChI is InChI=1S/C25H29N3O2/c1-3-15-28(16-4-2)25(30)20-10-12-22(13-11-20)27-24(29)18-26-23-14-9-19-7-5-6-8-21(19)17-23/h5-14,17,26H,3-4,15-16,18H2,1-2H3,(H,27,29). The minimum Gasteiger partial charge on any atom is -0.376 e. The summed E-state index contributed by atoms with van der Waals surface area (Å²) in [6.07, 6.45) is 1.87. The largest absolute Gasteiger partial charge is 0.376 e. The molecule has 0 bridgehead atoms. The highest BCUT2D eigenvalue weighted by Gasteiger charge is 2.14. The minimum atomic E-state index is -0.138. The zero-order valence-electron chi connectivity index (χ0n) is 17.7. The van der Waals surface area contributed by atoms with Crippen molar-refractivity contribution in [1.29, 1.82) is 0 Å². The van der Waals surface area contributed by atoms with E-state index < -0.39 is 0 Å². The number of hydrogen-bond donors (Lipinski definition) is 2. The van der Waals surface area contributed by atoms with Gasteiger partial charge in [-0.25, -0.2) is 0 Å². The Labute approximate surface area is 178 Å². The smallest absolute Gasteiger partial charge is 0.253 e. The van der Waals surface area contributed by atoms with E-state index in [1.54, 1.807) is 24.3 Å². The predicted octanol–water partition coefficient (Wildman–Crippen LogP) is 5.15. The Morgan fingerprint density at radius 3 is 2.10 bits per heavy atom. The molecular formula is C25H29N3O2. The molecule has 2 amide bonds. The van der Waals surface area contributed by atoms with Crippen LogP contribution in [0, 0.1) is 0 Å². The van der Waals surface area contributed by atoms with E-state index in [-0.39, 0.29) is 18.4 Å². The van der Waals surface area contributed by atoms with Gasteiger partial charge in [0, 0.05) is 30.0 Å². The summed E-state index contributed by atoms with van der Waals surface area (Å²) < 4.78 is 0. The summed E-state index contributed by atoms with van der Waals surface area (Å²) in [5, 5.41) is 8.32. The third kappa shape index (κ3) is 5.60. The van der Waals surface area contributed by atoms with Gasteiger partial charge in [-0.1, -0.05) is 44.2 Å². The Balaban J connectivity index is 1.55. The molecule has 0 aromatic heterocycles. The second-order valence-electron chi connectivity index (χ2n) is 7.33. The molecule has 0 aliphatic rings. The first-order valence-electron chi connectivity index (χ1n) is 10.5. The number of anilines is 2. The predicted molar refractivity (Wildman–Crippen MR) is 124 cm³/mol. The maximum absolute atomic E-state index is 12.6. The van der Waals surface area contributed by atoms with Crippen molar-refractivity contribution < 1.29 is 9.59 Å². The lowest BCUT2D eigenvalue weighted by Crippen LogP contribution is -2.32. The molecule has 0 spiro atoms. The molecule has 156 valence electrons. The summed E-state index contributed by atoms with van der Waals surface area (Å²) in [7, 11) is 0. The Morgan fingerprint density at radius 1 is 0.800 bits per heavy atom. The molecule has 3 aromatic carbocycles. The first-order chi connectivity index (χ1) is 14.6. The summed E-state index contributed by atoms with van der Waals surface area (Å²) in [5.74, 6) is -0.102. The van der Waals surface area contributed by atoms with Crippen molar-refractivity contribution in [2.75, 3.05) is 30.3 Å².